The first kappa shape index (κ1) is 12.9. The first-order valence-electron chi connectivity index (χ1n) is 6.28. The lowest BCUT2D eigenvalue weighted by Crippen LogP contribution is -2.34. The van der Waals surface area contributed by atoms with E-state index in [0.717, 1.165) is 23.4 Å². The lowest BCUT2D eigenvalue weighted by atomic mass is 9.71. The van der Waals surface area contributed by atoms with Gasteiger partial charge < -0.3 is 10.8 Å². The molecule has 1 atom stereocenters. The average molecular weight is 254 g/mol. The van der Waals surface area contributed by atoms with Gasteiger partial charge in [-0.05, 0) is 37.1 Å². The molecule has 0 aromatic heterocycles. The van der Waals surface area contributed by atoms with Crippen LogP contribution in [-0.4, -0.2) is 18.3 Å². The van der Waals surface area contributed by atoms with Crippen LogP contribution < -0.4 is 5.73 Å². The highest BCUT2D eigenvalue weighted by Crippen LogP contribution is 2.48. The van der Waals surface area contributed by atoms with Crippen LogP contribution in [0.15, 0.2) is 24.3 Å². The number of hydrogen-bond donors (Lipinski definition) is 2. The summed E-state index contributed by atoms with van der Waals surface area (Å²) in [6.07, 6.45) is 4.52. The standard InChI is InChI=1S/C14H20ClNO/c15-12-5-3-4-11(8-12)13(9-16)14(10-17)6-1-2-7-14/h3-5,8,13,17H,1-2,6-7,9-10,16H2/t13-/m1/s1. The second-order valence-electron chi connectivity index (χ2n) is 5.07. The van der Waals surface area contributed by atoms with E-state index in [1.165, 1.54) is 12.8 Å². The summed E-state index contributed by atoms with van der Waals surface area (Å²) in [4.78, 5) is 0. The molecular formula is C14H20ClNO. The molecule has 3 N–H and O–H groups in total. The van der Waals surface area contributed by atoms with Crippen molar-refractivity contribution in [2.24, 2.45) is 11.1 Å². The van der Waals surface area contributed by atoms with Gasteiger partial charge in [0, 0.05) is 23.0 Å². The second-order valence-corrected chi connectivity index (χ2v) is 5.51. The monoisotopic (exact) mass is 253 g/mol. The molecule has 0 heterocycles. The van der Waals surface area contributed by atoms with E-state index < -0.39 is 0 Å². The number of nitrogens with two attached hydrogens (primary N) is 1. The van der Waals surface area contributed by atoms with Gasteiger partial charge in [-0.2, -0.15) is 0 Å². The van der Waals surface area contributed by atoms with Crippen LogP contribution in [0.25, 0.3) is 0 Å². The van der Waals surface area contributed by atoms with Crippen molar-refractivity contribution in [2.45, 2.75) is 31.6 Å². The molecule has 0 aliphatic heterocycles. The molecule has 0 bridgehead atoms. The van der Waals surface area contributed by atoms with Crippen molar-refractivity contribution in [1.82, 2.24) is 0 Å². The lowest BCUT2D eigenvalue weighted by Gasteiger charge is -2.35. The molecule has 1 saturated carbocycles. The van der Waals surface area contributed by atoms with Crippen LogP contribution >= 0.6 is 11.6 Å². The third-order valence-electron chi connectivity index (χ3n) is 4.14. The smallest absolute Gasteiger partial charge is 0.0493 e. The molecule has 1 aromatic carbocycles. The fourth-order valence-corrected chi connectivity index (χ4v) is 3.36. The molecule has 94 valence electrons. The van der Waals surface area contributed by atoms with Gasteiger partial charge in [-0.15, -0.1) is 0 Å². The van der Waals surface area contributed by atoms with E-state index in [4.69, 9.17) is 17.3 Å². The molecule has 3 heteroatoms. The van der Waals surface area contributed by atoms with Crippen LogP contribution in [0.4, 0.5) is 0 Å². The summed E-state index contributed by atoms with van der Waals surface area (Å²) >= 11 is 6.04. The summed E-state index contributed by atoms with van der Waals surface area (Å²) in [5, 5.41) is 10.5. The van der Waals surface area contributed by atoms with Gasteiger partial charge in [-0.3, -0.25) is 0 Å². The molecule has 17 heavy (non-hydrogen) atoms. The highest BCUT2D eigenvalue weighted by Gasteiger charge is 2.40. The Morgan fingerprint density at radius 2 is 2.06 bits per heavy atom. The quantitative estimate of drug-likeness (QED) is 0.867. The Morgan fingerprint density at radius 3 is 2.59 bits per heavy atom. The molecule has 0 radical (unpaired) electrons. The number of aliphatic hydroxyl groups is 1. The van der Waals surface area contributed by atoms with E-state index in [1.807, 2.05) is 18.2 Å². The zero-order valence-corrected chi connectivity index (χ0v) is 10.8. The van der Waals surface area contributed by atoms with Crippen LogP contribution in [0.3, 0.4) is 0 Å². The van der Waals surface area contributed by atoms with Gasteiger partial charge in [0.25, 0.3) is 0 Å². The molecule has 1 aromatic rings. The third-order valence-corrected chi connectivity index (χ3v) is 4.38. The zero-order chi connectivity index (χ0) is 12.3. The molecule has 0 unspecified atom stereocenters. The maximum Gasteiger partial charge on any atom is 0.0493 e. The highest BCUT2D eigenvalue weighted by molar-refractivity contribution is 6.30. The third kappa shape index (κ3) is 2.49. The van der Waals surface area contributed by atoms with Gasteiger partial charge in [0.2, 0.25) is 0 Å². The Morgan fingerprint density at radius 1 is 1.35 bits per heavy atom. The fraction of sp³-hybridized carbons (Fsp3) is 0.571. The Labute approximate surface area is 108 Å². The predicted octanol–water partition coefficient (Wildman–Crippen LogP) is 2.94. The Hall–Kier alpha value is -0.570. The topological polar surface area (TPSA) is 46.2 Å². The number of rotatable bonds is 4. The number of aliphatic hydroxyl groups excluding tert-OH is 1. The summed E-state index contributed by atoms with van der Waals surface area (Å²) < 4.78 is 0. The number of halogens is 1. The number of hydrogen-bond acceptors (Lipinski definition) is 2. The van der Waals surface area contributed by atoms with Crippen molar-refractivity contribution in [3.63, 3.8) is 0 Å². The summed E-state index contributed by atoms with van der Waals surface area (Å²) in [7, 11) is 0. The number of benzene rings is 1. The van der Waals surface area contributed by atoms with Crippen LogP contribution in [0.1, 0.15) is 37.2 Å². The van der Waals surface area contributed by atoms with Crippen molar-refractivity contribution in [3.05, 3.63) is 34.9 Å². The van der Waals surface area contributed by atoms with Gasteiger partial charge in [0.15, 0.2) is 0 Å². The van der Waals surface area contributed by atoms with Crippen LogP contribution in [-0.2, 0) is 0 Å². The Balaban J connectivity index is 2.32. The molecule has 0 saturated heterocycles. The molecule has 1 aliphatic rings. The predicted molar refractivity (Wildman–Crippen MR) is 71.2 cm³/mol. The van der Waals surface area contributed by atoms with Gasteiger partial charge in [-0.1, -0.05) is 36.6 Å². The van der Waals surface area contributed by atoms with Crippen molar-refractivity contribution in [3.8, 4) is 0 Å². The Bertz CT molecular complexity index is 374. The SMILES string of the molecule is NC[C@H](c1cccc(Cl)c1)C1(CO)CCCC1. The molecule has 1 fully saturated rings. The molecule has 2 nitrogen and oxygen atoms in total. The summed E-state index contributed by atoms with van der Waals surface area (Å²) in [5.74, 6) is 0.216. The van der Waals surface area contributed by atoms with E-state index in [0.29, 0.717) is 6.54 Å². The van der Waals surface area contributed by atoms with E-state index in [9.17, 15) is 5.11 Å². The maximum atomic E-state index is 9.76. The minimum absolute atomic E-state index is 0.0283. The molecule has 2 rings (SSSR count). The maximum absolute atomic E-state index is 9.76. The largest absolute Gasteiger partial charge is 0.396 e. The van der Waals surface area contributed by atoms with Crippen molar-refractivity contribution >= 4 is 11.6 Å². The van der Waals surface area contributed by atoms with Gasteiger partial charge in [0.05, 0.1) is 0 Å². The highest BCUT2D eigenvalue weighted by atomic mass is 35.5. The van der Waals surface area contributed by atoms with Crippen molar-refractivity contribution < 1.29 is 5.11 Å². The first-order chi connectivity index (χ1) is 8.22. The average Bonchev–Trinajstić information content (AvgIpc) is 2.80. The molecule has 0 amide bonds. The second kappa shape index (κ2) is 5.38. The molecule has 1 aliphatic carbocycles. The van der Waals surface area contributed by atoms with E-state index >= 15 is 0 Å². The summed E-state index contributed by atoms with van der Waals surface area (Å²) in [6, 6.07) is 7.88. The van der Waals surface area contributed by atoms with Gasteiger partial charge >= 0.3 is 0 Å². The van der Waals surface area contributed by atoms with Crippen molar-refractivity contribution in [2.75, 3.05) is 13.2 Å². The normalized spacial score (nSPS) is 20.4. The zero-order valence-electron chi connectivity index (χ0n) is 10.0. The Kier molecular flexibility index (Phi) is 4.08. The minimum atomic E-state index is -0.0283. The van der Waals surface area contributed by atoms with Crippen LogP contribution in [0.5, 0.6) is 0 Å². The van der Waals surface area contributed by atoms with Crippen LogP contribution in [0, 0.1) is 5.41 Å². The van der Waals surface area contributed by atoms with Crippen LogP contribution in [0.2, 0.25) is 5.02 Å². The minimum Gasteiger partial charge on any atom is -0.396 e. The van der Waals surface area contributed by atoms with Gasteiger partial charge in [-0.25, -0.2) is 0 Å². The van der Waals surface area contributed by atoms with E-state index in [1.54, 1.807) is 0 Å². The molecule has 0 spiro atoms. The first-order valence-corrected chi connectivity index (χ1v) is 6.66. The van der Waals surface area contributed by atoms with Gasteiger partial charge in [0.1, 0.15) is 0 Å². The van der Waals surface area contributed by atoms with E-state index in [-0.39, 0.29) is 17.9 Å². The summed E-state index contributed by atoms with van der Waals surface area (Å²) in [5.41, 5.74) is 7.08. The fourth-order valence-electron chi connectivity index (χ4n) is 3.16. The molecular weight excluding hydrogens is 234 g/mol. The van der Waals surface area contributed by atoms with E-state index in [2.05, 4.69) is 6.07 Å². The summed E-state index contributed by atoms with van der Waals surface area (Å²) in [6.45, 7) is 0.794. The lowest BCUT2D eigenvalue weighted by molar-refractivity contribution is 0.103. The van der Waals surface area contributed by atoms with Crippen molar-refractivity contribution in [1.29, 1.82) is 0 Å².